The van der Waals surface area contributed by atoms with Gasteiger partial charge in [-0.05, 0) is 56.0 Å². The van der Waals surface area contributed by atoms with Crippen molar-refractivity contribution < 1.29 is 13.9 Å². The first kappa shape index (κ1) is 20.4. The Bertz CT molecular complexity index is 1040. The molecule has 3 nitrogen and oxygen atoms in total. The van der Waals surface area contributed by atoms with Crippen LogP contribution in [-0.2, 0) is 10.2 Å². The molecule has 0 spiro atoms. The highest BCUT2D eigenvalue weighted by Crippen LogP contribution is 2.43. The molecule has 0 heterocycles. The van der Waals surface area contributed by atoms with Crippen molar-refractivity contribution in [2.24, 2.45) is 0 Å². The van der Waals surface area contributed by atoms with E-state index in [-0.39, 0.29) is 17.8 Å². The zero-order valence-corrected chi connectivity index (χ0v) is 17.6. The highest BCUT2D eigenvalue weighted by molar-refractivity contribution is 6.07. The van der Waals surface area contributed by atoms with Gasteiger partial charge in [0.1, 0.15) is 11.6 Å². The van der Waals surface area contributed by atoms with Crippen LogP contribution < -0.4 is 10.1 Å². The molecular formula is C26H28FNO2. The molecule has 3 aromatic carbocycles. The van der Waals surface area contributed by atoms with Gasteiger partial charge in [-0.25, -0.2) is 4.39 Å². The van der Waals surface area contributed by atoms with Crippen molar-refractivity contribution in [3.05, 3.63) is 72.0 Å². The van der Waals surface area contributed by atoms with Gasteiger partial charge in [0.25, 0.3) is 0 Å². The SMILES string of the molecule is CC[C@H](C)Oc1ccc(NC(=O)C2(c3ccc(F)cc3)CCCC2)c2ccccc12. The Hall–Kier alpha value is -2.88. The molecule has 1 N–H and O–H groups in total. The second-order valence-corrected chi connectivity index (χ2v) is 8.24. The Morgan fingerprint density at radius 3 is 2.37 bits per heavy atom. The van der Waals surface area contributed by atoms with Gasteiger partial charge in [-0.2, -0.15) is 0 Å². The first-order valence-electron chi connectivity index (χ1n) is 10.8. The summed E-state index contributed by atoms with van der Waals surface area (Å²) in [6, 6.07) is 18.2. The summed E-state index contributed by atoms with van der Waals surface area (Å²) < 4.78 is 19.6. The van der Waals surface area contributed by atoms with Gasteiger partial charge in [0.05, 0.1) is 11.5 Å². The molecule has 4 rings (SSSR count). The van der Waals surface area contributed by atoms with Crippen LogP contribution in [0, 0.1) is 5.82 Å². The van der Waals surface area contributed by atoms with E-state index in [1.165, 1.54) is 12.1 Å². The van der Waals surface area contributed by atoms with E-state index in [1.807, 2.05) is 36.4 Å². The van der Waals surface area contributed by atoms with E-state index in [9.17, 15) is 9.18 Å². The molecule has 0 unspecified atom stereocenters. The van der Waals surface area contributed by atoms with Gasteiger partial charge in [0, 0.05) is 16.5 Å². The lowest BCUT2D eigenvalue weighted by Gasteiger charge is -2.29. The van der Waals surface area contributed by atoms with Gasteiger partial charge in [-0.15, -0.1) is 0 Å². The second kappa shape index (κ2) is 8.47. The number of carbonyl (C=O) groups excluding carboxylic acids is 1. The lowest BCUT2D eigenvalue weighted by Crippen LogP contribution is -2.38. The zero-order chi connectivity index (χ0) is 21.1. The Kier molecular flexibility index (Phi) is 5.76. The van der Waals surface area contributed by atoms with Crippen LogP contribution in [0.15, 0.2) is 60.7 Å². The monoisotopic (exact) mass is 405 g/mol. The fourth-order valence-electron chi connectivity index (χ4n) is 4.42. The molecule has 1 atom stereocenters. The molecule has 1 saturated carbocycles. The van der Waals surface area contributed by atoms with Crippen LogP contribution in [0.2, 0.25) is 0 Å². The van der Waals surface area contributed by atoms with E-state index < -0.39 is 5.41 Å². The number of ether oxygens (including phenoxy) is 1. The standard InChI is InChI=1S/C26H28FNO2/c1-3-18(2)30-24-15-14-23(21-8-4-5-9-22(21)24)28-25(29)26(16-6-7-17-26)19-10-12-20(27)13-11-19/h4-5,8-15,18H,3,6-7,16-17H2,1-2H3,(H,28,29)/t18-/m0/s1. The predicted octanol–water partition coefficient (Wildman–Crippen LogP) is 6.61. The van der Waals surface area contributed by atoms with E-state index in [2.05, 4.69) is 19.2 Å². The third kappa shape index (κ3) is 3.79. The van der Waals surface area contributed by atoms with Crippen LogP contribution >= 0.6 is 0 Å². The minimum absolute atomic E-state index is 0.0210. The van der Waals surface area contributed by atoms with Crippen molar-refractivity contribution in [3.8, 4) is 5.75 Å². The van der Waals surface area contributed by atoms with Gasteiger partial charge in [0.2, 0.25) is 5.91 Å². The summed E-state index contributed by atoms with van der Waals surface area (Å²) in [5.41, 5.74) is 1.06. The molecule has 1 fully saturated rings. The number of fused-ring (bicyclic) bond motifs is 1. The Balaban J connectivity index is 1.69. The topological polar surface area (TPSA) is 38.3 Å². The van der Waals surface area contributed by atoms with Crippen LogP contribution in [0.5, 0.6) is 5.75 Å². The highest BCUT2D eigenvalue weighted by Gasteiger charge is 2.42. The Labute approximate surface area is 177 Å². The summed E-state index contributed by atoms with van der Waals surface area (Å²) in [6.07, 6.45) is 4.58. The zero-order valence-electron chi connectivity index (χ0n) is 17.6. The summed E-state index contributed by atoms with van der Waals surface area (Å²) in [5.74, 6) is 0.523. The van der Waals surface area contributed by atoms with Crippen molar-refractivity contribution in [3.63, 3.8) is 0 Å². The molecule has 0 aliphatic heterocycles. The van der Waals surface area contributed by atoms with Crippen molar-refractivity contribution in [2.45, 2.75) is 57.5 Å². The summed E-state index contributed by atoms with van der Waals surface area (Å²) in [4.78, 5) is 13.5. The second-order valence-electron chi connectivity index (χ2n) is 8.24. The van der Waals surface area contributed by atoms with Crippen molar-refractivity contribution >= 4 is 22.4 Å². The molecule has 1 aliphatic carbocycles. The number of rotatable bonds is 6. The number of anilines is 1. The van der Waals surface area contributed by atoms with E-state index in [0.717, 1.165) is 59.9 Å². The number of halogens is 1. The average Bonchev–Trinajstić information content (AvgIpc) is 3.27. The summed E-state index contributed by atoms with van der Waals surface area (Å²) >= 11 is 0. The van der Waals surface area contributed by atoms with Gasteiger partial charge in [-0.1, -0.05) is 56.2 Å². The van der Waals surface area contributed by atoms with Crippen molar-refractivity contribution in [1.82, 2.24) is 0 Å². The maximum absolute atomic E-state index is 13.5. The van der Waals surface area contributed by atoms with Gasteiger partial charge in [-0.3, -0.25) is 4.79 Å². The molecular weight excluding hydrogens is 377 g/mol. The summed E-state index contributed by atoms with van der Waals surface area (Å²) in [7, 11) is 0. The van der Waals surface area contributed by atoms with Crippen LogP contribution in [0.3, 0.4) is 0 Å². The lowest BCUT2D eigenvalue weighted by atomic mass is 9.78. The van der Waals surface area contributed by atoms with Crippen LogP contribution in [0.1, 0.15) is 51.5 Å². The minimum Gasteiger partial charge on any atom is -0.490 e. The molecule has 1 amide bonds. The number of hydrogen-bond donors (Lipinski definition) is 1. The van der Waals surface area contributed by atoms with E-state index in [4.69, 9.17) is 4.74 Å². The molecule has 0 bridgehead atoms. The number of hydrogen-bond acceptors (Lipinski definition) is 2. The molecule has 0 radical (unpaired) electrons. The normalized spacial score (nSPS) is 16.4. The largest absolute Gasteiger partial charge is 0.490 e. The van der Waals surface area contributed by atoms with E-state index in [1.54, 1.807) is 12.1 Å². The van der Waals surface area contributed by atoms with Crippen molar-refractivity contribution in [1.29, 1.82) is 0 Å². The predicted molar refractivity (Wildman–Crippen MR) is 120 cm³/mol. The fourth-order valence-corrected chi connectivity index (χ4v) is 4.42. The average molecular weight is 406 g/mol. The maximum atomic E-state index is 13.5. The van der Waals surface area contributed by atoms with Gasteiger partial charge < -0.3 is 10.1 Å². The summed E-state index contributed by atoms with van der Waals surface area (Å²) in [6.45, 7) is 4.15. The molecule has 0 saturated heterocycles. The van der Waals surface area contributed by atoms with Crippen LogP contribution in [-0.4, -0.2) is 12.0 Å². The van der Waals surface area contributed by atoms with Gasteiger partial charge >= 0.3 is 0 Å². The summed E-state index contributed by atoms with van der Waals surface area (Å²) in [5, 5.41) is 5.13. The number of carbonyl (C=O) groups is 1. The van der Waals surface area contributed by atoms with E-state index >= 15 is 0 Å². The Morgan fingerprint density at radius 1 is 1.03 bits per heavy atom. The smallest absolute Gasteiger partial charge is 0.235 e. The van der Waals surface area contributed by atoms with Crippen LogP contribution in [0.4, 0.5) is 10.1 Å². The first-order valence-corrected chi connectivity index (χ1v) is 10.8. The van der Waals surface area contributed by atoms with Crippen LogP contribution in [0.25, 0.3) is 10.8 Å². The Morgan fingerprint density at radius 2 is 1.70 bits per heavy atom. The maximum Gasteiger partial charge on any atom is 0.235 e. The van der Waals surface area contributed by atoms with Crippen molar-refractivity contribution in [2.75, 3.05) is 5.32 Å². The number of nitrogens with one attached hydrogen (secondary N) is 1. The third-order valence-corrected chi connectivity index (χ3v) is 6.32. The molecule has 156 valence electrons. The molecule has 30 heavy (non-hydrogen) atoms. The highest BCUT2D eigenvalue weighted by atomic mass is 19.1. The quantitative estimate of drug-likeness (QED) is 0.501. The number of amides is 1. The molecule has 3 aromatic rings. The van der Waals surface area contributed by atoms with Gasteiger partial charge in [0.15, 0.2) is 0 Å². The molecule has 0 aromatic heterocycles. The minimum atomic E-state index is -0.610. The molecule has 1 aliphatic rings. The fraction of sp³-hybridized carbons (Fsp3) is 0.346. The first-order chi connectivity index (χ1) is 14.5. The third-order valence-electron chi connectivity index (χ3n) is 6.32. The lowest BCUT2D eigenvalue weighted by molar-refractivity contribution is -0.121. The van der Waals surface area contributed by atoms with E-state index in [0.29, 0.717) is 0 Å². The molecule has 4 heteroatoms. The number of benzene rings is 3.